The molecule has 0 aliphatic heterocycles. The predicted molar refractivity (Wildman–Crippen MR) is 106 cm³/mol. The van der Waals surface area contributed by atoms with Crippen LogP contribution in [-0.2, 0) is 11.8 Å². The minimum absolute atomic E-state index is 0.314. The van der Waals surface area contributed by atoms with Crippen molar-refractivity contribution in [1.29, 1.82) is 0 Å². The highest BCUT2D eigenvalue weighted by atomic mass is 32.1. The van der Waals surface area contributed by atoms with Crippen molar-refractivity contribution < 1.29 is 5.21 Å². The van der Waals surface area contributed by atoms with Crippen molar-refractivity contribution >= 4 is 23.1 Å². The second-order valence-corrected chi connectivity index (χ2v) is 8.02. The largest absolute Gasteiger partial charge is 0.411 e. The molecular weight excluding hydrogens is 356 g/mol. The third-order valence-electron chi connectivity index (χ3n) is 5.89. The van der Waals surface area contributed by atoms with Gasteiger partial charge in [0.2, 0.25) is 0 Å². The fourth-order valence-corrected chi connectivity index (χ4v) is 4.79. The van der Waals surface area contributed by atoms with E-state index in [4.69, 9.17) is 0 Å². The topological polar surface area (TPSA) is 74.2 Å². The lowest BCUT2D eigenvalue weighted by Gasteiger charge is -2.32. The number of rotatable bonds is 4. The number of benzene rings is 1. The Bertz CT molecular complexity index is 1000. The number of H-pyrrole nitrogens is 1. The Labute approximate surface area is 161 Å². The first-order chi connectivity index (χ1) is 13.3. The van der Waals surface area contributed by atoms with Crippen LogP contribution < -0.4 is 0 Å². The number of aromatic nitrogens is 3. The van der Waals surface area contributed by atoms with Crippen LogP contribution in [0.15, 0.2) is 52.5 Å². The Kier molecular flexibility index (Phi) is 3.93. The Hall–Kier alpha value is -2.73. The number of nitrogens with zero attached hydrogens (tertiary/aromatic N) is 3. The maximum atomic E-state index is 9.57. The first-order valence-electron chi connectivity index (χ1n) is 9.25. The third kappa shape index (κ3) is 2.55. The van der Waals surface area contributed by atoms with Crippen molar-refractivity contribution in [2.75, 3.05) is 0 Å². The quantitative estimate of drug-likeness (QED) is 0.403. The van der Waals surface area contributed by atoms with Crippen molar-refractivity contribution in [2.45, 2.75) is 31.1 Å². The molecule has 2 aliphatic carbocycles. The number of hydrogen-bond donors (Lipinski definition) is 2. The molecule has 2 aliphatic rings. The van der Waals surface area contributed by atoms with Gasteiger partial charge in [-0.3, -0.25) is 5.10 Å². The summed E-state index contributed by atoms with van der Waals surface area (Å²) in [4.78, 5) is 4.64. The van der Waals surface area contributed by atoms with E-state index >= 15 is 0 Å². The number of aromatic amines is 1. The number of thiazole rings is 1. The standard InChI is InChI=1S/C21H20N4OS/c26-25-19(14-5-4-6-14)20-16-9-10-21(11-17(16)23-24-20,18-12-27-13-22-18)15-7-2-1-3-8-15/h1-3,7-10,12-14,26H,4-6,11H2,(H,23,24). The lowest BCUT2D eigenvalue weighted by atomic mass is 9.70. The van der Waals surface area contributed by atoms with Gasteiger partial charge in [-0.2, -0.15) is 5.10 Å². The number of oxime groups is 1. The van der Waals surface area contributed by atoms with Gasteiger partial charge in [0.1, 0.15) is 11.4 Å². The van der Waals surface area contributed by atoms with E-state index in [-0.39, 0.29) is 5.41 Å². The van der Waals surface area contributed by atoms with Gasteiger partial charge in [-0.25, -0.2) is 4.98 Å². The molecule has 5 nitrogen and oxygen atoms in total. The summed E-state index contributed by atoms with van der Waals surface area (Å²) in [5, 5.41) is 23.0. The van der Waals surface area contributed by atoms with Crippen LogP contribution in [0.25, 0.3) is 6.08 Å². The molecule has 0 amide bonds. The van der Waals surface area contributed by atoms with Crippen molar-refractivity contribution in [3.63, 3.8) is 0 Å². The van der Waals surface area contributed by atoms with Gasteiger partial charge >= 0.3 is 0 Å². The zero-order chi connectivity index (χ0) is 18.3. The van der Waals surface area contributed by atoms with Crippen molar-refractivity contribution in [2.24, 2.45) is 11.1 Å². The number of fused-ring (bicyclic) bond motifs is 1. The molecular formula is C21H20N4OS. The minimum atomic E-state index is -0.314. The van der Waals surface area contributed by atoms with Crippen LogP contribution in [0.1, 0.15) is 47.5 Å². The molecule has 2 N–H and O–H groups in total. The number of allylic oxidation sites excluding steroid dienone is 1. The first kappa shape index (κ1) is 16.4. The molecule has 0 bridgehead atoms. The fourth-order valence-electron chi connectivity index (χ4n) is 4.15. The van der Waals surface area contributed by atoms with E-state index in [0.717, 1.165) is 41.9 Å². The summed E-state index contributed by atoms with van der Waals surface area (Å²) in [6.45, 7) is 0. The maximum Gasteiger partial charge on any atom is 0.117 e. The summed E-state index contributed by atoms with van der Waals surface area (Å²) in [6, 6.07) is 10.5. The molecule has 6 heteroatoms. The summed E-state index contributed by atoms with van der Waals surface area (Å²) in [5.74, 6) is 0.315. The summed E-state index contributed by atoms with van der Waals surface area (Å²) in [6.07, 6.45) is 8.42. The highest BCUT2D eigenvalue weighted by Crippen LogP contribution is 2.42. The Morgan fingerprint density at radius 2 is 2.11 bits per heavy atom. The molecule has 136 valence electrons. The summed E-state index contributed by atoms with van der Waals surface area (Å²) >= 11 is 1.61. The number of nitrogens with one attached hydrogen (secondary N) is 1. The van der Waals surface area contributed by atoms with Gasteiger partial charge < -0.3 is 5.21 Å². The zero-order valence-electron chi connectivity index (χ0n) is 14.8. The number of hydrogen-bond acceptors (Lipinski definition) is 5. The van der Waals surface area contributed by atoms with Crippen molar-refractivity contribution in [3.05, 3.63) is 75.5 Å². The monoisotopic (exact) mass is 376 g/mol. The van der Waals surface area contributed by atoms with Gasteiger partial charge in [0.05, 0.1) is 16.6 Å². The Morgan fingerprint density at radius 1 is 1.26 bits per heavy atom. The first-order valence-corrected chi connectivity index (χ1v) is 10.2. The normalized spacial score (nSPS) is 22.4. The average Bonchev–Trinajstić information content (AvgIpc) is 3.35. The van der Waals surface area contributed by atoms with Gasteiger partial charge in [-0.15, -0.1) is 11.3 Å². The smallest absolute Gasteiger partial charge is 0.117 e. The molecule has 1 fully saturated rings. The van der Waals surface area contributed by atoms with Gasteiger partial charge in [0, 0.05) is 29.0 Å². The second kappa shape index (κ2) is 6.46. The van der Waals surface area contributed by atoms with Crippen molar-refractivity contribution in [1.82, 2.24) is 15.2 Å². The summed E-state index contributed by atoms with van der Waals surface area (Å²) in [5.41, 5.74) is 7.43. The Morgan fingerprint density at radius 3 is 2.78 bits per heavy atom. The van der Waals surface area contributed by atoms with Crippen molar-refractivity contribution in [3.8, 4) is 0 Å². The molecule has 0 spiro atoms. The SMILES string of the molecule is ON=C(c1n[nH]c2c1C=CC(c1ccccc1)(c1cscn1)C2)C1CCC1. The maximum absolute atomic E-state index is 9.57. The highest BCUT2D eigenvalue weighted by molar-refractivity contribution is 7.07. The molecule has 27 heavy (non-hydrogen) atoms. The Balaban J connectivity index is 1.60. The molecule has 2 aromatic heterocycles. The molecule has 1 aromatic carbocycles. The van der Waals surface area contributed by atoms with Gasteiger partial charge in [-0.1, -0.05) is 54.1 Å². The van der Waals surface area contributed by atoms with Crippen LogP contribution in [0.3, 0.4) is 0 Å². The van der Waals surface area contributed by atoms with Gasteiger partial charge in [-0.05, 0) is 18.4 Å². The van der Waals surface area contributed by atoms with Crippen LogP contribution in [0.4, 0.5) is 0 Å². The van der Waals surface area contributed by atoms with E-state index in [0.29, 0.717) is 11.6 Å². The van der Waals surface area contributed by atoms with E-state index in [1.54, 1.807) is 11.3 Å². The lowest BCUT2D eigenvalue weighted by molar-refractivity contribution is 0.305. The lowest BCUT2D eigenvalue weighted by Crippen LogP contribution is -2.31. The molecule has 1 atom stereocenters. The molecule has 0 radical (unpaired) electrons. The fraction of sp³-hybridized carbons (Fsp3) is 0.286. The molecule has 1 saturated carbocycles. The van der Waals surface area contributed by atoms with Crippen LogP contribution in [-0.4, -0.2) is 26.1 Å². The summed E-state index contributed by atoms with van der Waals surface area (Å²) < 4.78 is 0. The van der Waals surface area contributed by atoms with Crippen LogP contribution in [0.5, 0.6) is 0 Å². The third-order valence-corrected chi connectivity index (χ3v) is 6.48. The molecule has 2 heterocycles. The molecule has 3 aromatic rings. The second-order valence-electron chi connectivity index (χ2n) is 7.30. The molecule has 0 saturated heterocycles. The zero-order valence-corrected chi connectivity index (χ0v) is 15.6. The summed E-state index contributed by atoms with van der Waals surface area (Å²) in [7, 11) is 0. The van der Waals surface area contributed by atoms with E-state index in [1.165, 1.54) is 12.0 Å². The van der Waals surface area contributed by atoms with Crippen LogP contribution in [0, 0.1) is 5.92 Å². The average molecular weight is 376 g/mol. The van der Waals surface area contributed by atoms with E-state index < -0.39 is 0 Å². The van der Waals surface area contributed by atoms with Crippen LogP contribution >= 0.6 is 11.3 Å². The minimum Gasteiger partial charge on any atom is -0.411 e. The van der Waals surface area contributed by atoms with Gasteiger partial charge in [0.25, 0.3) is 0 Å². The van der Waals surface area contributed by atoms with E-state index in [9.17, 15) is 5.21 Å². The van der Waals surface area contributed by atoms with E-state index in [1.807, 2.05) is 11.6 Å². The van der Waals surface area contributed by atoms with E-state index in [2.05, 4.69) is 62.1 Å². The van der Waals surface area contributed by atoms with Crippen LogP contribution in [0.2, 0.25) is 0 Å². The highest BCUT2D eigenvalue weighted by Gasteiger charge is 2.39. The molecule has 1 unspecified atom stereocenters. The predicted octanol–water partition coefficient (Wildman–Crippen LogP) is 4.40. The van der Waals surface area contributed by atoms with Gasteiger partial charge in [0.15, 0.2) is 0 Å². The molecule has 5 rings (SSSR count).